The van der Waals surface area contributed by atoms with Gasteiger partial charge < -0.3 is 0 Å². The van der Waals surface area contributed by atoms with Crippen LogP contribution in [0, 0.1) is 0 Å². The van der Waals surface area contributed by atoms with Crippen LogP contribution in [-0.4, -0.2) is 10.1 Å². The van der Waals surface area contributed by atoms with Crippen molar-refractivity contribution >= 4 is 53.2 Å². The number of ketones is 1. The fraction of sp³-hybridized carbons (Fsp3) is 0.176. The summed E-state index contributed by atoms with van der Waals surface area (Å²) < 4.78 is 1.24. The van der Waals surface area contributed by atoms with E-state index in [1.165, 1.54) is 0 Å². The Morgan fingerprint density at radius 3 is 2.43 bits per heavy atom. The first-order chi connectivity index (χ1) is 9.88. The molecule has 3 rings (SSSR count). The van der Waals surface area contributed by atoms with Crippen molar-refractivity contribution < 1.29 is 4.79 Å². The summed E-state index contributed by atoms with van der Waals surface area (Å²) in [6.45, 7) is 3.61. The zero-order valence-corrected chi connectivity index (χ0v) is 14.0. The molecule has 0 bridgehead atoms. The topological polar surface area (TPSA) is 34.1 Å². The maximum absolute atomic E-state index is 12.6. The second kappa shape index (κ2) is 5.04. The smallest absolute Gasteiger partial charge is 0.195 e. The van der Waals surface area contributed by atoms with Gasteiger partial charge >= 0.3 is 0 Å². The molecule has 0 aliphatic rings. The highest BCUT2D eigenvalue weighted by Crippen LogP contribution is 2.28. The molecule has 0 atom stereocenters. The van der Waals surface area contributed by atoms with E-state index in [1.54, 1.807) is 37.3 Å². The summed E-state index contributed by atoms with van der Waals surface area (Å²) in [5.41, 5.74) is 0.547. The van der Waals surface area contributed by atoms with Gasteiger partial charge in [0.1, 0.15) is 0 Å². The second-order valence-electron chi connectivity index (χ2n) is 5.44. The molecule has 0 aliphatic heterocycles. The lowest BCUT2D eigenvalue weighted by molar-refractivity contribution is 0.0961. The maximum Gasteiger partial charge on any atom is 0.195 e. The van der Waals surface area contributed by atoms with Crippen LogP contribution in [0.1, 0.15) is 24.2 Å². The minimum Gasteiger partial charge on any atom is -0.293 e. The first kappa shape index (κ1) is 14.4. The first-order valence-corrected chi connectivity index (χ1v) is 8.18. The van der Waals surface area contributed by atoms with Gasteiger partial charge in [-0.3, -0.25) is 9.59 Å². The van der Waals surface area contributed by atoms with Crippen molar-refractivity contribution in [3.63, 3.8) is 0 Å². The summed E-state index contributed by atoms with van der Waals surface area (Å²) >= 11 is 4.95. The Balaban J connectivity index is 2.32. The van der Waals surface area contributed by atoms with Gasteiger partial charge in [-0.1, -0.05) is 28.1 Å². The van der Waals surface area contributed by atoms with Crippen LogP contribution >= 0.6 is 27.3 Å². The van der Waals surface area contributed by atoms with Gasteiger partial charge in [-0.2, -0.15) is 0 Å². The molecule has 0 saturated heterocycles. The summed E-state index contributed by atoms with van der Waals surface area (Å²) in [6, 6.07) is 12.9. The third-order valence-electron chi connectivity index (χ3n) is 3.38. The molecule has 0 unspecified atom stereocenters. The Bertz CT molecular complexity index is 919. The van der Waals surface area contributed by atoms with Crippen LogP contribution in [0.3, 0.4) is 0 Å². The van der Waals surface area contributed by atoms with Crippen LogP contribution in [0.2, 0.25) is 0 Å². The van der Waals surface area contributed by atoms with Crippen LogP contribution in [0.15, 0.2) is 47.3 Å². The van der Waals surface area contributed by atoms with Crippen molar-refractivity contribution in [3.05, 3.63) is 58.3 Å². The molecular weight excluding hydrogens is 348 g/mol. The Morgan fingerprint density at radius 2 is 1.71 bits per heavy atom. The molecule has 0 N–H and O–H groups in total. The third-order valence-corrected chi connectivity index (χ3v) is 4.89. The highest BCUT2D eigenvalue weighted by atomic mass is 79.9. The first-order valence-electron chi connectivity index (χ1n) is 6.57. The standard InChI is InChI=1S/C17H13BrO2S/c1-17(2,18)16(20)10-7-8-14-12(9-10)15(19)11-5-3-4-6-13(11)21-14/h3-9H,1-2H3. The molecule has 3 aromatic rings. The number of halogens is 1. The summed E-state index contributed by atoms with van der Waals surface area (Å²) in [7, 11) is 0. The van der Waals surface area contributed by atoms with Crippen molar-refractivity contribution in [3.8, 4) is 0 Å². The molecular formula is C17H13BrO2S. The van der Waals surface area contributed by atoms with Gasteiger partial charge in [-0.05, 0) is 44.2 Å². The van der Waals surface area contributed by atoms with Crippen molar-refractivity contribution in [1.82, 2.24) is 0 Å². The van der Waals surface area contributed by atoms with E-state index in [0.29, 0.717) is 16.3 Å². The molecule has 106 valence electrons. The van der Waals surface area contributed by atoms with Gasteiger partial charge in [-0.25, -0.2) is 0 Å². The van der Waals surface area contributed by atoms with E-state index in [9.17, 15) is 9.59 Å². The lowest BCUT2D eigenvalue weighted by Crippen LogP contribution is -2.24. The molecule has 1 aromatic heterocycles. The van der Waals surface area contributed by atoms with Gasteiger partial charge in [0.05, 0.1) is 4.32 Å². The molecule has 1 heterocycles. The number of hydrogen-bond acceptors (Lipinski definition) is 3. The van der Waals surface area contributed by atoms with Gasteiger partial charge in [0.25, 0.3) is 0 Å². The van der Waals surface area contributed by atoms with Crippen LogP contribution < -0.4 is 5.43 Å². The van der Waals surface area contributed by atoms with E-state index in [1.807, 2.05) is 30.3 Å². The van der Waals surface area contributed by atoms with Crippen LogP contribution in [0.25, 0.3) is 20.2 Å². The van der Waals surface area contributed by atoms with E-state index in [4.69, 9.17) is 0 Å². The highest BCUT2D eigenvalue weighted by Gasteiger charge is 2.25. The van der Waals surface area contributed by atoms with Gasteiger partial charge in [-0.15, -0.1) is 11.3 Å². The van der Waals surface area contributed by atoms with Crippen molar-refractivity contribution in [2.45, 2.75) is 18.2 Å². The fourth-order valence-corrected chi connectivity index (χ4v) is 3.57. The van der Waals surface area contributed by atoms with Crippen molar-refractivity contribution in [1.29, 1.82) is 0 Å². The summed E-state index contributed by atoms with van der Waals surface area (Å²) in [4.78, 5) is 24.9. The monoisotopic (exact) mass is 360 g/mol. The SMILES string of the molecule is CC(C)(Br)C(=O)c1ccc2sc3ccccc3c(=O)c2c1. The molecule has 0 saturated carbocycles. The number of hydrogen-bond donors (Lipinski definition) is 0. The van der Waals surface area contributed by atoms with E-state index in [-0.39, 0.29) is 11.2 Å². The predicted octanol–water partition coefficient (Wildman–Crippen LogP) is 4.77. The minimum atomic E-state index is -0.635. The number of carbonyl (C=O) groups is 1. The Kier molecular flexibility index (Phi) is 3.46. The zero-order chi connectivity index (χ0) is 15.2. The lowest BCUT2D eigenvalue weighted by Gasteiger charge is -2.14. The number of alkyl halides is 1. The molecule has 2 nitrogen and oxygen atoms in total. The predicted molar refractivity (Wildman–Crippen MR) is 92.9 cm³/mol. The summed E-state index contributed by atoms with van der Waals surface area (Å²) in [5.74, 6) is -0.0260. The van der Waals surface area contributed by atoms with Crippen LogP contribution in [-0.2, 0) is 0 Å². The molecule has 0 fully saturated rings. The Hall–Kier alpha value is -1.52. The molecule has 2 aromatic carbocycles. The van der Waals surface area contributed by atoms with E-state index in [0.717, 1.165) is 9.40 Å². The van der Waals surface area contributed by atoms with Crippen molar-refractivity contribution in [2.75, 3.05) is 0 Å². The van der Waals surface area contributed by atoms with Crippen LogP contribution in [0.4, 0.5) is 0 Å². The summed E-state index contributed by atoms with van der Waals surface area (Å²) in [6.07, 6.45) is 0. The molecule has 0 amide bonds. The van der Waals surface area contributed by atoms with Gasteiger partial charge in [0, 0.05) is 25.7 Å². The molecule has 4 heteroatoms. The van der Waals surface area contributed by atoms with Gasteiger partial charge in [0.2, 0.25) is 0 Å². The van der Waals surface area contributed by atoms with E-state index in [2.05, 4.69) is 15.9 Å². The molecule has 21 heavy (non-hydrogen) atoms. The fourth-order valence-electron chi connectivity index (χ4n) is 2.29. The molecule has 0 aliphatic carbocycles. The maximum atomic E-state index is 12.6. The third kappa shape index (κ3) is 2.54. The average Bonchev–Trinajstić information content (AvgIpc) is 2.45. The van der Waals surface area contributed by atoms with E-state index < -0.39 is 4.32 Å². The normalized spacial score (nSPS) is 12.0. The zero-order valence-electron chi connectivity index (χ0n) is 11.6. The second-order valence-corrected chi connectivity index (χ2v) is 8.51. The average molecular weight is 361 g/mol. The van der Waals surface area contributed by atoms with Gasteiger partial charge in [0.15, 0.2) is 11.2 Å². The Morgan fingerprint density at radius 1 is 1.05 bits per heavy atom. The van der Waals surface area contributed by atoms with Crippen LogP contribution in [0.5, 0.6) is 0 Å². The Labute approximate surface area is 134 Å². The largest absolute Gasteiger partial charge is 0.293 e. The highest BCUT2D eigenvalue weighted by molar-refractivity contribution is 9.10. The summed E-state index contributed by atoms with van der Waals surface area (Å²) in [5, 5.41) is 1.32. The van der Waals surface area contributed by atoms with Crippen molar-refractivity contribution in [2.24, 2.45) is 0 Å². The number of Topliss-reactive ketones (excluding diaryl/α,β-unsaturated/α-hetero) is 1. The minimum absolute atomic E-state index is 0.0126. The molecule has 0 spiro atoms. The van der Waals surface area contributed by atoms with E-state index >= 15 is 0 Å². The lowest BCUT2D eigenvalue weighted by atomic mass is 9.99. The number of carbonyl (C=O) groups excluding carboxylic acids is 1. The molecule has 0 radical (unpaired) electrons. The number of fused-ring (bicyclic) bond motifs is 2. The number of rotatable bonds is 2. The number of benzene rings is 2. The quantitative estimate of drug-likeness (QED) is 0.374.